The molecule has 0 aliphatic rings. The third-order valence-electron chi connectivity index (χ3n) is 2.15. The van der Waals surface area contributed by atoms with Crippen LogP contribution in [0.5, 0.6) is 0 Å². The van der Waals surface area contributed by atoms with Crippen LogP contribution in [0.4, 0.5) is 0 Å². The minimum atomic E-state index is 0.841. The third-order valence-corrected chi connectivity index (χ3v) is 2.15. The predicted molar refractivity (Wildman–Crippen MR) is 57.8 cm³/mol. The average molecular weight is 196 g/mol. The largest absolute Gasteiger partial charge is 0.268 e. The minimum absolute atomic E-state index is 0.841. The topological polar surface area (TPSA) is 33.1 Å². The van der Waals surface area contributed by atoms with Crippen LogP contribution in [0, 0.1) is 0 Å². The Bertz CT molecular complexity index is 278. The van der Waals surface area contributed by atoms with E-state index in [2.05, 4.69) is 35.1 Å². The van der Waals surface area contributed by atoms with Gasteiger partial charge in [0.25, 0.3) is 0 Å². The van der Waals surface area contributed by atoms with Crippen LogP contribution in [0.3, 0.4) is 0 Å². The molecule has 0 bridgehead atoms. The molecule has 80 valence electrons. The lowest BCUT2D eigenvalue weighted by Gasteiger charge is -2.12. The Morgan fingerprint density at radius 1 is 1.43 bits per heavy atom. The molecule has 0 aliphatic carbocycles. The fourth-order valence-electron chi connectivity index (χ4n) is 1.34. The summed E-state index contributed by atoms with van der Waals surface area (Å²) in [5.41, 5.74) is 5.66. The molecule has 0 unspecified atom stereocenters. The van der Waals surface area contributed by atoms with Crippen molar-refractivity contribution in [2.75, 3.05) is 14.1 Å². The lowest BCUT2D eigenvalue weighted by atomic mass is 10.3. The van der Waals surface area contributed by atoms with Gasteiger partial charge in [-0.1, -0.05) is 6.92 Å². The molecule has 0 fully saturated rings. The molecule has 0 aliphatic heterocycles. The molecule has 1 N–H and O–H groups in total. The maximum Gasteiger partial charge on any atom is 0.0625 e. The molecule has 1 heterocycles. The summed E-state index contributed by atoms with van der Waals surface area (Å²) in [6, 6.07) is 2.17. The summed E-state index contributed by atoms with van der Waals surface area (Å²) in [6.07, 6.45) is 1.00. The van der Waals surface area contributed by atoms with Crippen molar-refractivity contribution in [3.8, 4) is 0 Å². The van der Waals surface area contributed by atoms with E-state index in [0.717, 1.165) is 19.5 Å². The quantitative estimate of drug-likeness (QED) is 0.714. The summed E-state index contributed by atoms with van der Waals surface area (Å²) in [5.74, 6) is 0. The standard InChI is InChI=1S/C10H20N4/c1-5-9-7-10(8-11-13(3)4)14(6-2)12-9/h7,11H,5-6,8H2,1-4H3. The molecule has 0 amide bonds. The van der Waals surface area contributed by atoms with Gasteiger partial charge in [0.15, 0.2) is 0 Å². The van der Waals surface area contributed by atoms with Crippen molar-refractivity contribution in [2.24, 2.45) is 0 Å². The molecule has 1 aromatic heterocycles. The second-order valence-electron chi connectivity index (χ2n) is 3.53. The Morgan fingerprint density at radius 2 is 2.14 bits per heavy atom. The first-order valence-electron chi connectivity index (χ1n) is 5.13. The van der Waals surface area contributed by atoms with Crippen LogP contribution in [-0.2, 0) is 19.5 Å². The van der Waals surface area contributed by atoms with E-state index in [-0.39, 0.29) is 0 Å². The molecule has 4 heteroatoms. The number of nitrogens with zero attached hydrogens (tertiary/aromatic N) is 3. The van der Waals surface area contributed by atoms with E-state index >= 15 is 0 Å². The van der Waals surface area contributed by atoms with Crippen LogP contribution < -0.4 is 5.43 Å². The summed E-state index contributed by atoms with van der Waals surface area (Å²) in [6.45, 7) is 6.02. The van der Waals surface area contributed by atoms with Crippen LogP contribution in [-0.4, -0.2) is 28.9 Å². The lowest BCUT2D eigenvalue weighted by Crippen LogP contribution is -2.30. The molecule has 14 heavy (non-hydrogen) atoms. The van der Waals surface area contributed by atoms with Gasteiger partial charge in [-0.25, -0.2) is 5.43 Å². The van der Waals surface area contributed by atoms with Gasteiger partial charge in [0.2, 0.25) is 0 Å². The maximum absolute atomic E-state index is 4.48. The first-order valence-corrected chi connectivity index (χ1v) is 5.13. The molecular weight excluding hydrogens is 176 g/mol. The smallest absolute Gasteiger partial charge is 0.0625 e. The zero-order valence-electron chi connectivity index (χ0n) is 9.54. The Kier molecular flexibility index (Phi) is 4.10. The average Bonchev–Trinajstić information content (AvgIpc) is 2.57. The van der Waals surface area contributed by atoms with E-state index in [1.54, 1.807) is 0 Å². The van der Waals surface area contributed by atoms with Crippen LogP contribution >= 0.6 is 0 Å². The molecule has 0 spiro atoms. The molecule has 0 aromatic carbocycles. The first kappa shape index (κ1) is 11.2. The SMILES string of the molecule is CCc1cc(CNN(C)C)n(CC)n1. The first-order chi connectivity index (χ1) is 6.67. The third kappa shape index (κ3) is 2.82. The van der Waals surface area contributed by atoms with Gasteiger partial charge in [-0.15, -0.1) is 0 Å². The Morgan fingerprint density at radius 3 is 2.64 bits per heavy atom. The Labute approximate surface area is 85.9 Å². The van der Waals surface area contributed by atoms with Gasteiger partial charge in [0.1, 0.15) is 0 Å². The van der Waals surface area contributed by atoms with Crippen LogP contribution in [0.15, 0.2) is 6.07 Å². The number of nitrogens with one attached hydrogen (secondary N) is 1. The fraction of sp³-hybridized carbons (Fsp3) is 0.700. The van der Waals surface area contributed by atoms with Gasteiger partial charge in [-0.05, 0) is 19.4 Å². The zero-order valence-corrected chi connectivity index (χ0v) is 9.54. The minimum Gasteiger partial charge on any atom is -0.268 e. The second-order valence-corrected chi connectivity index (χ2v) is 3.53. The van der Waals surface area contributed by atoms with Crippen LogP contribution in [0.1, 0.15) is 25.2 Å². The Balaban J connectivity index is 2.68. The van der Waals surface area contributed by atoms with Crippen molar-refractivity contribution < 1.29 is 0 Å². The van der Waals surface area contributed by atoms with Gasteiger partial charge in [-0.2, -0.15) is 5.10 Å². The summed E-state index contributed by atoms with van der Waals surface area (Å²) in [5, 5.41) is 6.44. The highest BCUT2D eigenvalue weighted by Crippen LogP contribution is 2.05. The highest BCUT2D eigenvalue weighted by Gasteiger charge is 2.04. The highest BCUT2D eigenvalue weighted by atomic mass is 15.5. The number of hydrogen-bond donors (Lipinski definition) is 1. The van der Waals surface area contributed by atoms with Gasteiger partial charge in [-0.3, -0.25) is 9.69 Å². The van der Waals surface area contributed by atoms with Crippen LogP contribution in [0.2, 0.25) is 0 Å². The highest BCUT2D eigenvalue weighted by molar-refractivity contribution is 5.10. The molecule has 0 saturated carbocycles. The molecule has 0 saturated heterocycles. The van der Waals surface area contributed by atoms with Crippen molar-refractivity contribution in [2.45, 2.75) is 33.4 Å². The van der Waals surface area contributed by atoms with Crippen molar-refractivity contribution in [1.29, 1.82) is 0 Å². The van der Waals surface area contributed by atoms with Gasteiger partial charge < -0.3 is 0 Å². The van der Waals surface area contributed by atoms with E-state index in [9.17, 15) is 0 Å². The van der Waals surface area contributed by atoms with E-state index in [4.69, 9.17) is 0 Å². The molecule has 1 rings (SSSR count). The van der Waals surface area contributed by atoms with Crippen molar-refractivity contribution in [3.63, 3.8) is 0 Å². The summed E-state index contributed by atoms with van der Waals surface area (Å²) < 4.78 is 2.05. The lowest BCUT2D eigenvalue weighted by molar-refractivity contribution is 0.281. The number of aryl methyl sites for hydroxylation is 2. The molecule has 0 radical (unpaired) electrons. The maximum atomic E-state index is 4.48. The van der Waals surface area contributed by atoms with Crippen LogP contribution in [0.25, 0.3) is 0 Å². The van der Waals surface area contributed by atoms with Gasteiger partial charge in [0.05, 0.1) is 17.9 Å². The number of rotatable bonds is 5. The van der Waals surface area contributed by atoms with Crippen molar-refractivity contribution >= 4 is 0 Å². The molecule has 4 nitrogen and oxygen atoms in total. The second kappa shape index (κ2) is 5.12. The van der Waals surface area contributed by atoms with E-state index < -0.39 is 0 Å². The molecule has 0 atom stereocenters. The normalized spacial score (nSPS) is 11.2. The van der Waals surface area contributed by atoms with Gasteiger partial charge >= 0.3 is 0 Å². The summed E-state index contributed by atoms with van der Waals surface area (Å²) >= 11 is 0. The van der Waals surface area contributed by atoms with Crippen molar-refractivity contribution in [1.82, 2.24) is 20.2 Å². The molecule has 1 aromatic rings. The summed E-state index contributed by atoms with van der Waals surface area (Å²) in [4.78, 5) is 0. The Hall–Kier alpha value is -0.870. The summed E-state index contributed by atoms with van der Waals surface area (Å²) in [7, 11) is 3.99. The van der Waals surface area contributed by atoms with Gasteiger partial charge in [0, 0.05) is 20.6 Å². The van der Waals surface area contributed by atoms with E-state index in [1.165, 1.54) is 11.4 Å². The fourth-order valence-corrected chi connectivity index (χ4v) is 1.34. The molecular formula is C10H20N4. The number of hydrazine groups is 1. The number of hydrogen-bond acceptors (Lipinski definition) is 3. The zero-order chi connectivity index (χ0) is 10.6. The monoisotopic (exact) mass is 196 g/mol. The van der Waals surface area contributed by atoms with E-state index in [1.807, 2.05) is 19.1 Å². The van der Waals surface area contributed by atoms with Crippen molar-refractivity contribution in [3.05, 3.63) is 17.5 Å². The van der Waals surface area contributed by atoms with E-state index in [0.29, 0.717) is 0 Å². The predicted octanol–water partition coefficient (Wildman–Crippen LogP) is 1.03. The number of aromatic nitrogens is 2.